The van der Waals surface area contributed by atoms with Crippen LogP contribution in [0.25, 0.3) is 0 Å². The quantitative estimate of drug-likeness (QED) is 0.752. The van der Waals surface area contributed by atoms with Crippen molar-refractivity contribution >= 4 is 11.9 Å². The number of hydrogen-bond acceptors (Lipinski definition) is 9. The van der Waals surface area contributed by atoms with E-state index < -0.39 is 12.0 Å². The number of anilines is 1. The van der Waals surface area contributed by atoms with Gasteiger partial charge in [-0.25, -0.2) is 4.79 Å². The molecule has 0 saturated carbocycles. The summed E-state index contributed by atoms with van der Waals surface area (Å²) in [5.41, 5.74) is 1.68. The predicted molar refractivity (Wildman–Crippen MR) is 95.0 cm³/mol. The number of allylic oxidation sites excluding steroid dienone is 1. The number of aromatic nitrogens is 4. The van der Waals surface area contributed by atoms with Crippen LogP contribution in [0.5, 0.6) is 17.2 Å². The molecule has 27 heavy (non-hydrogen) atoms. The molecule has 1 atom stereocenters. The second-order valence-electron chi connectivity index (χ2n) is 5.69. The van der Waals surface area contributed by atoms with E-state index in [1.807, 2.05) is 0 Å². The first-order valence-corrected chi connectivity index (χ1v) is 8.28. The van der Waals surface area contributed by atoms with Gasteiger partial charge in [0.15, 0.2) is 11.5 Å². The van der Waals surface area contributed by atoms with Gasteiger partial charge in [0.2, 0.25) is 11.7 Å². The first kappa shape index (κ1) is 18.5. The van der Waals surface area contributed by atoms with Crippen LogP contribution in [-0.2, 0) is 9.53 Å². The van der Waals surface area contributed by atoms with E-state index >= 15 is 0 Å². The van der Waals surface area contributed by atoms with E-state index in [1.54, 1.807) is 26.0 Å². The molecule has 0 saturated heterocycles. The molecule has 2 aromatic rings. The first-order chi connectivity index (χ1) is 13.0. The van der Waals surface area contributed by atoms with E-state index in [0.29, 0.717) is 40.0 Å². The summed E-state index contributed by atoms with van der Waals surface area (Å²) >= 11 is 0. The van der Waals surface area contributed by atoms with Crippen LogP contribution in [-0.4, -0.2) is 54.1 Å². The predicted octanol–water partition coefficient (Wildman–Crippen LogP) is 1.55. The SMILES string of the molecule is CCOC(=O)C1=C(C)Nc2nnnn2[C@@H]1c1cc(OC)c(OC)c(OC)c1. The lowest BCUT2D eigenvalue weighted by molar-refractivity contribution is -0.139. The Morgan fingerprint density at radius 2 is 1.85 bits per heavy atom. The highest BCUT2D eigenvalue weighted by Gasteiger charge is 2.36. The van der Waals surface area contributed by atoms with E-state index in [-0.39, 0.29) is 6.61 Å². The van der Waals surface area contributed by atoms with Crippen molar-refractivity contribution in [3.63, 3.8) is 0 Å². The molecule has 0 fully saturated rings. The number of tetrazole rings is 1. The largest absolute Gasteiger partial charge is 0.493 e. The molecule has 1 N–H and O–H groups in total. The van der Waals surface area contributed by atoms with Crippen LogP contribution in [0, 0.1) is 0 Å². The molecule has 1 aliphatic heterocycles. The van der Waals surface area contributed by atoms with Crippen LogP contribution in [0.15, 0.2) is 23.4 Å². The topological polar surface area (TPSA) is 110 Å². The van der Waals surface area contributed by atoms with Gasteiger partial charge in [-0.2, -0.15) is 4.68 Å². The number of carbonyl (C=O) groups is 1. The highest BCUT2D eigenvalue weighted by atomic mass is 16.5. The summed E-state index contributed by atoms with van der Waals surface area (Å²) in [4.78, 5) is 12.7. The molecule has 144 valence electrons. The third-order valence-corrected chi connectivity index (χ3v) is 4.21. The number of benzene rings is 1. The Hall–Kier alpha value is -3.30. The highest BCUT2D eigenvalue weighted by molar-refractivity contribution is 5.92. The Kier molecular flexibility index (Phi) is 5.15. The molecule has 1 aromatic carbocycles. The number of ether oxygens (including phenoxy) is 4. The average Bonchev–Trinajstić information content (AvgIpc) is 3.13. The average molecular weight is 375 g/mol. The van der Waals surface area contributed by atoms with Crippen molar-refractivity contribution in [2.75, 3.05) is 33.3 Å². The van der Waals surface area contributed by atoms with Gasteiger partial charge < -0.3 is 24.3 Å². The number of hydrogen-bond donors (Lipinski definition) is 1. The summed E-state index contributed by atoms with van der Waals surface area (Å²) < 4.78 is 23.0. The molecule has 0 amide bonds. The fourth-order valence-electron chi connectivity index (χ4n) is 3.05. The maximum Gasteiger partial charge on any atom is 0.338 e. The second-order valence-corrected chi connectivity index (χ2v) is 5.69. The molecule has 10 nitrogen and oxygen atoms in total. The Bertz CT molecular complexity index is 867. The van der Waals surface area contributed by atoms with E-state index in [2.05, 4.69) is 20.8 Å². The molecule has 0 unspecified atom stereocenters. The lowest BCUT2D eigenvalue weighted by Gasteiger charge is -2.28. The number of nitrogens with one attached hydrogen (secondary N) is 1. The van der Waals surface area contributed by atoms with Gasteiger partial charge in [-0.3, -0.25) is 0 Å². The van der Waals surface area contributed by atoms with E-state index in [4.69, 9.17) is 18.9 Å². The van der Waals surface area contributed by atoms with Crippen LogP contribution in [0.1, 0.15) is 25.5 Å². The van der Waals surface area contributed by atoms with Crippen molar-refractivity contribution in [3.8, 4) is 17.2 Å². The maximum atomic E-state index is 12.7. The zero-order valence-electron chi connectivity index (χ0n) is 15.8. The first-order valence-electron chi connectivity index (χ1n) is 8.28. The van der Waals surface area contributed by atoms with Gasteiger partial charge in [0, 0.05) is 5.70 Å². The van der Waals surface area contributed by atoms with Gasteiger partial charge in [0.05, 0.1) is 33.5 Å². The monoisotopic (exact) mass is 375 g/mol. The van der Waals surface area contributed by atoms with Gasteiger partial charge in [-0.1, -0.05) is 5.10 Å². The molecule has 3 rings (SSSR count). The van der Waals surface area contributed by atoms with Gasteiger partial charge in [0.1, 0.15) is 6.04 Å². The molecule has 0 spiro atoms. The maximum absolute atomic E-state index is 12.7. The number of carbonyl (C=O) groups excluding carboxylic acids is 1. The third kappa shape index (κ3) is 3.14. The van der Waals surface area contributed by atoms with Crippen LogP contribution >= 0.6 is 0 Å². The lowest BCUT2D eigenvalue weighted by Crippen LogP contribution is -2.29. The Morgan fingerprint density at radius 1 is 1.19 bits per heavy atom. The van der Waals surface area contributed by atoms with E-state index in [1.165, 1.54) is 26.0 Å². The summed E-state index contributed by atoms with van der Waals surface area (Å²) in [6.07, 6.45) is 0. The number of fused-ring (bicyclic) bond motifs is 1. The Balaban J connectivity index is 2.22. The molecular weight excluding hydrogens is 354 g/mol. The second kappa shape index (κ2) is 7.52. The molecule has 2 heterocycles. The van der Waals surface area contributed by atoms with Gasteiger partial charge in [-0.05, 0) is 42.0 Å². The zero-order chi connectivity index (χ0) is 19.6. The summed E-state index contributed by atoms with van der Waals surface area (Å²) in [6.45, 7) is 3.77. The fourth-order valence-corrected chi connectivity index (χ4v) is 3.05. The Morgan fingerprint density at radius 3 is 2.41 bits per heavy atom. The smallest absolute Gasteiger partial charge is 0.338 e. The van der Waals surface area contributed by atoms with Gasteiger partial charge in [-0.15, -0.1) is 0 Å². The summed E-state index contributed by atoms with van der Waals surface area (Å²) in [6, 6.07) is 2.90. The fraction of sp³-hybridized carbons (Fsp3) is 0.412. The molecule has 10 heteroatoms. The Labute approximate surface area is 156 Å². The van der Waals surface area contributed by atoms with Crippen molar-refractivity contribution in [1.29, 1.82) is 0 Å². The minimum atomic E-state index is -0.621. The number of rotatable bonds is 6. The molecular formula is C17H21N5O5. The minimum Gasteiger partial charge on any atom is -0.493 e. The van der Waals surface area contributed by atoms with Crippen molar-refractivity contribution in [2.45, 2.75) is 19.9 Å². The van der Waals surface area contributed by atoms with E-state index in [0.717, 1.165) is 0 Å². The summed E-state index contributed by atoms with van der Waals surface area (Å²) in [5.74, 6) is 1.33. The van der Waals surface area contributed by atoms with Crippen LogP contribution in [0.4, 0.5) is 5.95 Å². The number of nitrogens with zero attached hydrogens (tertiary/aromatic N) is 4. The van der Waals surface area contributed by atoms with Gasteiger partial charge in [0.25, 0.3) is 0 Å². The van der Waals surface area contributed by atoms with E-state index in [9.17, 15) is 4.79 Å². The number of methoxy groups -OCH3 is 3. The molecule has 1 aromatic heterocycles. The lowest BCUT2D eigenvalue weighted by atomic mass is 9.95. The van der Waals surface area contributed by atoms with Crippen molar-refractivity contribution in [2.24, 2.45) is 0 Å². The summed E-state index contributed by atoms with van der Waals surface area (Å²) in [5, 5.41) is 14.7. The molecule has 0 bridgehead atoms. The van der Waals surface area contributed by atoms with Crippen molar-refractivity contribution < 1.29 is 23.7 Å². The molecule has 1 aliphatic rings. The standard InChI is InChI=1S/C17H21N5O5/c1-6-27-16(23)13-9(2)18-17-19-20-21-22(17)14(13)10-7-11(24-3)15(26-5)12(8-10)25-4/h7-8,14H,6H2,1-5H3,(H,18,19,21)/t14-/m1/s1. The summed E-state index contributed by atoms with van der Waals surface area (Å²) in [7, 11) is 4.58. The van der Waals surface area contributed by atoms with Crippen LogP contribution in [0.2, 0.25) is 0 Å². The molecule has 0 radical (unpaired) electrons. The van der Waals surface area contributed by atoms with Gasteiger partial charge >= 0.3 is 5.97 Å². The van der Waals surface area contributed by atoms with Crippen LogP contribution in [0.3, 0.4) is 0 Å². The van der Waals surface area contributed by atoms with Crippen molar-refractivity contribution in [3.05, 3.63) is 29.0 Å². The molecule has 0 aliphatic carbocycles. The number of esters is 1. The van der Waals surface area contributed by atoms with Crippen molar-refractivity contribution in [1.82, 2.24) is 20.2 Å². The minimum absolute atomic E-state index is 0.250. The third-order valence-electron chi connectivity index (χ3n) is 4.21. The highest BCUT2D eigenvalue weighted by Crippen LogP contribution is 2.43. The normalized spacial score (nSPS) is 15.7. The van der Waals surface area contributed by atoms with Crippen LogP contribution < -0.4 is 19.5 Å². The zero-order valence-corrected chi connectivity index (χ0v) is 15.8.